The number of hydrogen-bond donors (Lipinski definition) is 1. The number of hydrogen-bond acceptors (Lipinski definition) is 5. The molecule has 2 aromatic carbocycles. The summed E-state index contributed by atoms with van der Waals surface area (Å²) in [5.41, 5.74) is 4.56. The number of fused-ring (bicyclic) bond motifs is 1. The number of ether oxygens (including phenoxy) is 2. The van der Waals surface area contributed by atoms with Crippen LogP contribution in [0.1, 0.15) is 23.1 Å². The van der Waals surface area contributed by atoms with Crippen molar-refractivity contribution in [1.82, 2.24) is 4.98 Å². The van der Waals surface area contributed by atoms with Crippen LogP contribution in [-0.4, -0.2) is 23.8 Å². The first-order chi connectivity index (χ1) is 14.7. The van der Waals surface area contributed by atoms with Gasteiger partial charge >= 0.3 is 0 Å². The number of aryl methyl sites for hydroxylation is 2. The first-order valence-electron chi connectivity index (χ1n) is 9.95. The van der Waals surface area contributed by atoms with Gasteiger partial charge in [-0.2, -0.15) is 0 Å². The number of thioether (sulfide) groups is 1. The molecule has 0 fully saturated rings. The molecule has 1 aliphatic carbocycles. The Bertz CT molecular complexity index is 1020. The molecule has 4 rings (SSSR count). The van der Waals surface area contributed by atoms with Gasteiger partial charge in [0.1, 0.15) is 6.61 Å². The summed E-state index contributed by atoms with van der Waals surface area (Å²) in [6.45, 7) is 0.393. The molecular weight excluding hydrogens is 396 g/mol. The fourth-order valence-electron chi connectivity index (χ4n) is 3.49. The topological polar surface area (TPSA) is 60.5 Å². The highest BCUT2D eigenvalue weighted by Gasteiger charge is 2.12. The highest BCUT2D eigenvalue weighted by atomic mass is 32.2. The number of nitrogens with zero attached hydrogens (tertiary/aromatic N) is 1. The molecule has 1 aliphatic rings. The van der Waals surface area contributed by atoms with Crippen molar-refractivity contribution in [2.24, 2.45) is 0 Å². The maximum absolute atomic E-state index is 12.5. The van der Waals surface area contributed by atoms with Gasteiger partial charge < -0.3 is 14.8 Å². The van der Waals surface area contributed by atoms with Crippen molar-refractivity contribution >= 4 is 23.4 Å². The van der Waals surface area contributed by atoms with Crippen LogP contribution >= 0.6 is 11.8 Å². The molecule has 1 heterocycles. The fourth-order valence-corrected chi connectivity index (χ4v) is 4.25. The van der Waals surface area contributed by atoms with Crippen LogP contribution < -0.4 is 14.8 Å². The molecule has 6 heteroatoms. The summed E-state index contributed by atoms with van der Waals surface area (Å²) in [4.78, 5) is 17.6. The smallest absolute Gasteiger partial charge is 0.234 e. The average molecular weight is 421 g/mol. The number of benzene rings is 2. The minimum Gasteiger partial charge on any atom is -0.493 e. The number of carbonyl (C=O) groups excluding carboxylic acids is 1. The van der Waals surface area contributed by atoms with Crippen molar-refractivity contribution < 1.29 is 14.3 Å². The summed E-state index contributed by atoms with van der Waals surface area (Å²) in [6.07, 6.45) is 7.00. The lowest BCUT2D eigenvalue weighted by Crippen LogP contribution is -2.14. The minimum absolute atomic E-state index is 0.0502. The van der Waals surface area contributed by atoms with E-state index in [9.17, 15) is 4.79 Å². The Balaban J connectivity index is 1.35. The number of nitrogens with one attached hydrogen (secondary N) is 1. The molecule has 154 valence electrons. The first kappa shape index (κ1) is 20.3. The van der Waals surface area contributed by atoms with Gasteiger partial charge in [0, 0.05) is 29.0 Å². The second kappa shape index (κ2) is 9.67. The minimum atomic E-state index is -0.0502. The zero-order valence-corrected chi connectivity index (χ0v) is 17.7. The Morgan fingerprint density at radius 1 is 1.03 bits per heavy atom. The summed E-state index contributed by atoms with van der Waals surface area (Å²) < 4.78 is 11.3. The van der Waals surface area contributed by atoms with Crippen LogP contribution in [-0.2, 0) is 24.2 Å². The van der Waals surface area contributed by atoms with Crippen LogP contribution in [0.25, 0.3) is 0 Å². The van der Waals surface area contributed by atoms with E-state index in [2.05, 4.69) is 28.5 Å². The molecule has 0 saturated heterocycles. The van der Waals surface area contributed by atoms with Gasteiger partial charge in [-0.1, -0.05) is 6.07 Å². The van der Waals surface area contributed by atoms with Crippen LogP contribution in [0.4, 0.5) is 5.69 Å². The SMILES string of the molecule is COc1ccc(NC(=O)CSc2ccc3c(c2)CCC3)cc1OCc1ccncc1. The summed E-state index contributed by atoms with van der Waals surface area (Å²) in [5.74, 6) is 1.51. The van der Waals surface area contributed by atoms with E-state index in [1.165, 1.54) is 24.0 Å². The zero-order chi connectivity index (χ0) is 20.8. The van der Waals surface area contributed by atoms with Crippen molar-refractivity contribution in [2.75, 3.05) is 18.2 Å². The predicted molar refractivity (Wildman–Crippen MR) is 119 cm³/mol. The van der Waals surface area contributed by atoms with Gasteiger partial charge in [-0.25, -0.2) is 0 Å². The maximum atomic E-state index is 12.5. The Morgan fingerprint density at radius 3 is 2.70 bits per heavy atom. The molecule has 0 aliphatic heterocycles. The number of pyridine rings is 1. The van der Waals surface area contributed by atoms with Crippen molar-refractivity contribution in [3.8, 4) is 11.5 Å². The van der Waals surface area contributed by atoms with E-state index in [1.54, 1.807) is 43.4 Å². The lowest BCUT2D eigenvalue weighted by molar-refractivity contribution is -0.113. The lowest BCUT2D eigenvalue weighted by Gasteiger charge is -2.13. The van der Waals surface area contributed by atoms with Crippen LogP contribution in [0, 0.1) is 0 Å². The van der Waals surface area contributed by atoms with Gasteiger partial charge in [-0.05, 0) is 72.4 Å². The summed E-state index contributed by atoms with van der Waals surface area (Å²) >= 11 is 1.56. The molecule has 1 N–H and O–H groups in total. The highest BCUT2D eigenvalue weighted by Crippen LogP contribution is 2.31. The molecule has 0 spiro atoms. The zero-order valence-electron chi connectivity index (χ0n) is 16.9. The van der Waals surface area contributed by atoms with Gasteiger partial charge in [0.2, 0.25) is 5.91 Å². The van der Waals surface area contributed by atoms with E-state index in [1.807, 2.05) is 18.2 Å². The monoisotopic (exact) mass is 420 g/mol. The van der Waals surface area contributed by atoms with Crippen LogP contribution in [0.5, 0.6) is 11.5 Å². The molecule has 0 unspecified atom stereocenters. The number of rotatable bonds is 8. The van der Waals surface area contributed by atoms with Gasteiger partial charge in [0.05, 0.1) is 12.9 Å². The van der Waals surface area contributed by atoms with Crippen molar-refractivity contribution in [3.63, 3.8) is 0 Å². The third kappa shape index (κ3) is 5.13. The van der Waals surface area contributed by atoms with Crippen LogP contribution in [0.3, 0.4) is 0 Å². The number of methoxy groups -OCH3 is 1. The number of aromatic nitrogens is 1. The van der Waals surface area contributed by atoms with Gasteiger partial charge in [0.15, 0.2) is 11.5 Å². The molecule has 1 amide bonds. The molecule has 1 aromatic heterocycles. The quantitative estimate of drug-likeness (QED) is 0.526. The Morgan fingerprint density at radius 2 is 1.87 bits per heavy atom. The van der Waals surface area contributed by atoms with Gasteiger partial charge in [-0.3, -0.25) is 9.78 Å². The molecule has 5 nitrogen and oxygen atoms in total. The predicted octanol–water partition coefficient (Wildman–Crippen LogP) is 4.89. The third-order valence-electron chi connectivity index (χ3n) is 5.03. The third-order valence-corrected chi connectivity index (χ3v) is 6.02. The molecule has 3 aromatic rings. The van der Waals surface area contributed by atoms with Crippen LogP contribution in [0.2, 0.25) is 0 Å². The van der Waals surface area contributed by atoms with Crippen molar-refractivity contribution in [2.45, 2.75) is 30.8 Å². The van der Waals surface area contributed by atoms with Crippen molar-refractivity contribution in [1.29, 1.82) is 0 Å². The molecular formula is C24H24N2O3S. The molecule has 0 bridgehead atoms. The number of amides is 1. The Hall–Kier alpha value is -2.99. The highest BCUT2D eigenvalue weighted by molar-refractivity contribution is 8.00. The number of carbonyl (C=O) groups is 1. The standard InChI is InChI=1S/C24H24N2O3S/c1-28-22-8-6-20(14-23(22)29-15-17-9-11-25-12-10-17)26-24(27)16-30-21-7-5-18-3-2-4-19(18)13-21/h5-14H,2-4,15-16H2,1H3,(H,26,27). The maximum Gasteiger partial charge on any atom is 0.234 e. The molecule has 0 radical (unpaired) electrons. The molecule has 0 saturated carbocycles. The Labute approximate surface area is 180 Å². The van der Waals surface area contributed by atoms with Gasteiger partial charge in [-0.15, -0.1) is 11.8 Å². The first-order valence-corrected chi connectivity index (χ1v) is 10.9. The molecule has 0 atom stereocenters. The number of anilines is 1. The van der Waals surface area contributed by atoms with Gasteiger partial charge in [0.25, 0.3) is 0 Å². The second-order valence-electron chi connectivity index (χ2n) is 7.13. The van der Waals surface area contributed by atoms with E-state index in [0.717, 1.165) is 16.9 Å². The van der Waals surface area contributed by atoms with E-state index in [0.29, 0.717) is 29.5 Å². The summed E-state index contributed by atoms with van der Waals surface area (Å²) in [6, 6.07) is 15.7. The van der Waals surface area contributed by atoms with Crippen molar-refractivity contribution in [3.05, 3.63) is 77.6 Å². The fraction of sp³-hybridized carbons (Fsp3) is 0.250. The normalized spacial score (nSPS) is 12.3. The lowest BCUT2D eigenvalue weighted by atomic mass is 10.1. The summed E-state index contributed by atoms with van der Waals surface area (Å²) in [7, 11) is 1.60. The van der Waals surface area contributed by atoms with E-state index in [4.69, 9.17) is 9.47 Å². The average Bonchev–Trinajstić information content (AvgIpc) is 3.25. The second-order valence-corrected chi connectivity index (χ2v) is 8.18. The van der Waals surface area contributed by atoms with E-state index in [-0.39, 0.29) is 5.91 Å². The Kier molecular flexibility index (Phi) is 6.54. The molecule has 30 heavy (non-hydrogen) atoms. The van der Waals surface area contributed by atoms with Crippen LogP contribution in [0.15, 0.2) is 65.8 Å². The summed E-state index contributed by atoms with van der Waals surface area (Å²) in [5, 5.41) is 2.95. The van der Waals surface area contributed by atoms with E-state index >= 15 is 0 Å². The van der Waals surface area contributed by atoms with E-state index < -0.39 is 0 Å². The largest absolute Gasteiger partial charge is 0.493 e.